The van der Waals surface area contributed by atoms with Gasteiger partial charge >= 0.3 is 0 Å². The molecule has 0 aliphatic carbocycles. The number of benzene rings is 1. The van der Waals surface area contributed by atoms with E-state index in [9.17, 15) is 4.39 Å². The van der Waals surface area contributed by atoms with Gasteiger partial charge in [0.2, 0.25) is 0 Å². The summed E-state index contributed by atoms with van der Waals surface area (Å²) in [6, 6.07) is 5.21. The SMILES string of the molecule is CN1CCCN(C(CN)c2ccc(Br)cc2F)CC1. The predicted molar refractivity (Wildman–Crippen MR) is 79.6 cm³/mol. The van der Waals surface area contributed by atoms with Crippen LogP contribution in [0.3, 0.4) is 0 Å². The summed E-state index contributed by atoms with van der Waals surface area (Å²) >= 11 is 3.29. The molecule has 1 aromatic rings. The monoisotopic (exact) mass is 329 g/mol. The van der Waals surface area contributed by atoms with E-state index in [4.69, 9.17) is 5.73 Å². The molecular weight excluding hydrogens is 309 g/mol. The zero-order chi connectivity index (χ0) is 13.8. The van der Waals surface area contributed by atoms with Crippen LogP contribution in [0.2, 0.25) is 0 Å². The molecule has 1 heterocycles. The molecule has 1 fully saturated rings. The van der Waals surface area contributed by atoms with Gasteiger partial charge in [-0.1, -0.05) is 22.0 Å². The molecule has 5 heteroatoms. The molecule has 2 rings (SSSR count). The van der Waals surface area contributed by atoms with Crippen molar-refractivity contribution in [1.82, 2.24) is 9.80 Å². The van der Waals surface area contributed by atoms with Crippen LogP contribution in [0.5, 0.6) is 0 Å². The number of hydrogen-bond acceptors (Lipinski definition) is 3. The van der Waals surface area contributed by atoms with E-state index in [2.05, 4.69) is 32.8 Å². The highest BCUT2D eigenvalue weighted by molar-refractivity contribution is 9.10. The Morgan fingerprint density at radius 1 is 1.32 bits per heavy atom. The van der Waals surface area contributed by atoms with Gasteiger partial charge in [0.25, 0.3) is 0 Å². The summed E-state index contributed by atoms with van der Waals surface area (Å²) < 4.78 is 14.9. The van der Waals surface area contributed by atoms with Crippen LogP contribution in [0.4, 0.5) is 4.39 Å². The lowest BCUT2D eigenvalue weighted by molar-refractivity contribution is 0.204. The number of nitrogens with zero attached hydrogens (tertiary/aromatic N) is 2. The third kappa shape index (κ3) is 3.75. The first-order valence-electron chi connectivity index (χ1n) is 6.69. The maximum Gasteiger partial charge on any atom is 0.129 e. The van der Waals surface area contributed by atoms with Crippen molar-refractivity contribution in [2.45, 2.75) is 12.5 Å². The second-order valence-electron chi connectivity index (χ2n) is 5.11. The van der Waals surface area contributed by atoms with Gasteiger partial charge in [-0.3, -0.25) is 4.90 Å². The van der Waals surface area contributed by atoms with E-state index in [0.717, 1.165) is 37.1 Å². The molecule has 0 amide bonds. The van der Waals surface area contributed by atoms with Gasteiger partial charge in [0.15, 0.2) is 0 Å². The maximum atomic E-state index is 14.1. The lowest BCUT2D eigenvalue weighted by Crippen LogP contribution is -2.37. The summed E-state index contributed by atoms with van der Waals surface area (Å²) in [5.74, 6) is -0.178. The van der Waals surface area contributed by atoms with Crippen molar-refractivity contribution in [3.8, 4) is 0 Å². The first-order chi connectivity index (χ1) is 9.11. The minimum Gasteiger partial charge on any atom is -0.329 e. The van der Waals surface area contributed by atoms with E-state index >= 15 is 0 Å². The molecule has 2 N–H and O–H groups in total. The molecule has 1 aliphatic rings. The van der Waals surface area contributed by atoms with Crippen LogP contribution in [0.1, 0.15) is 18.0 Å². The van der Waals surface area contributed by atoms with Crippen molar-refractivity contribution >= 4 is 15.9 Å². The molecule has 0 saturated carbocycles. The molecule has 1 aromatic carbocycles. The minimum absolute atomic E-state index is 0.0281. The van der Waals surface area contributed by atoms with Gasteiger partial charge in [-0.2, -0.15) is 0 Å². The van der Waals surface area contributed by atoms with Crippen molar-refractivity contribution in [3.05, 3.63) is 34.1 Å². The lowest BCUT2D eigenvalue weighted by atomic mass is 10.0. The summed E-state index contributed by atoms with van der Waals surface area (Å²) in [6.07, 6.45) is 1.10. The highest BCUT2D eigenvalue weighted by atomic mass is 79.9. The van der Waals surface area contributed by atoms with E-state index in [-0.39, 0.29) is 11.9 Å². The van der Waals surface area contributed by atoms with Gasteiger partial charge in [0.05, 0.1) is 0 Å². The van der Waals surface area contributed by atoms with Crippen LogP contribution in [0, 0.1) is 5.82 Å². The Labute approximate surface area is 122 Å². The molecule has 1 unspecified atom stereocenters. The molecule has 0 spiro atoms. The largest absolute Gasteiger partial charge is 0.329 e. The molecular formula is C14H21BrFN3. The highest BCUT2D eigenvalue weighted by Gasteiger charge is 2.23. The van der Waals surface area contributed by atoms with Crippen molar-refractivity contribution in [3.63, 3.8) is 0 Å². The van der Waals surface area contributed by atoms with E-state index in [1.807, 2.05) is 12.1 Å². The van der Waals surface area contributed by atoms with Crippen LogP contribution < -0.4 is 5.73 Å². The van der Waals surface area contributed by atoms with Gasteiger partial charge in [0, 0.05) is 42.3 Å². The fraction of sp³-hybridized carbons (Fsp3) is 0.571. The average molecular weight is 330 g/mol. The average Bonchev–Trinajstić information content (AvgIpc) is 2.58. The van der Waals surface area contributed by atoms with E-state index in [1.54, 1.807) is 0 Å². The number of hydrogen-bond donors (Lipinski definition) is 1. The summed E-state index contributed by atoms with van der Waals surface area (Å²) in [7, 11) is 2.13. The molecule has 0 bridgehead atoms. The first-order valence-corrected chi connectivity index (χ1v) is 7.48. The summed E-state index contributed by atoms with van der Waals surface area (Å²) in [4.78, 5) is 4.61. The minimum atomic E-state index is -0.178. The van der Waals surface area contributed by atoms with E-state index in [1.165, 1.54) is 6.07 Å². The van der Waals surface area contributed by atoms with Gasteiger partial charge < -0.3 is 10.6 Å². The van der Waals surface area contributed by atoms with Gasteiger partial charge in [-0.05, 0) is 32.1 Å². The molecule has 1 saturated heterocycles. The Kier molecular flexibility index (Phi) is 5.33. The third-order valence-corrected chi connectivity index (χ3v) is 4.23. The number of rotatable bonds is 3. The molecule has 0 radical (unpaired) electrons. The first kappa shape index (κ1) is 14.9. The van der Waals surface area contributed by atoms with Crippen LogP contribution >= 0.6 is 15.9 Å². The van der Waals surface area contributed by atoms with Crippen molar-refractivity contribution in [2.75, 3.05) is 39.8 Å². The smallest absolute Gasteiger partial charge is 0.129 e. The van der Waals surface area contributed by atoms with Crippen molar-refractivity contribution < 1.29 is 4.39 Å². The Balaban J connectivity index is 2.18. The van der Waals surface area contributed by atoms with Crippen LogP contribution in [-0.4, -0.2) is 49.6 Å². The Hall–Kier alpha value is -0.490. The molecule has 1 aliphatic heterocycles. The topological polar surface area (TPSA) is 32.5 Å². The molecule has 106 valence electrons. The number of halogens is 2. The summed E-state index contributed by atoms with van der Waals surface area (Å²) in [5.41, 5.74) is 6.60. The van der Waals surface area contributed by atoms with E-state index < -0.39 is 0 Å². The maximum absolute atomic E-state index is 14.1. The van der Waals surface area contributed by atoms with Crippen LogP contribution in [-0.2, 0) is 0 Å². The Morgan fingerprint density at radius 3 is 2.79 bits per heavy atom. The standard InChI is InChI=1S/C14H21BrFN3/c1-18-5-2-6-19(8-7-18)14(10-17)12-4-3-11(15)9-13(12)16/h3-4,9,14H,2,5-8,10,17H2,1H3. The van der Waals surface area contributed by atoms with E-state index in [0.29, 0.717) is 12.1 Å². The van der Waals surface area contributed by atoms with Gasteiger partial charge in [-0.25, -0.2) is 4.39 Å². The van der Waals surface area contributed by atoms with Crippen molar-refractivity contribution in [2.24, 2.45) is 5.73 Å². The van der Waals surface area contributed by atoms with Gasteiger partial charge in [0.1, 0.15) is 5.82 Å². The fourth-order valence-corrected chi connectivity index (χ4v) is 2.96. The number of likely N-dealkylation sites (N-methyl/N-ethyl adjacent to an activating group) is 1. The summed E-state index contributed by atoms with van der Waals surface area (Å²) in [5, 5.41) is 0. The Bertz CT molecular complexity index is 427. The summed E-state index contributed by atoms with van der Waals surface area (Å²) in [6.45, 7) is 4.46. The predicted octanol–water partition coefficient (Wildman–Crippen LogP) is 2.23. The molecule has 3 nitrogen and oxygen atoms in total. The molecule has 0 aromatic heterocycles. The lowest BCUT2D eigenvalue weighted by Gasteiger charge is -2.30. The van der Waals surface area contributed by atoms with Gasteiger partial charge in [-0.15, -0.1) is 0 Å². The quantitative estimate of drug-likeness (QED) is 0.922. The molecule has 1 atom stereocenters. The third-order valence-electron chi connectivity index (χ3n) is 3.74. The normalized spacial score (nSPS) is 20.2. The zero-order valence-electron chi connectivity index (χ0n) is 11.3. The van der Waals surface area contributed by atoms with Crippen molar-refractivity contribution in [1.29, 1.82) is 0 Å². The Morgan fingerprint density at radius 2 is 2.11 bits per heavy atom. The number of nitrogens with two attached hydrogens (primary N) is 1. The van der Waals surface area contributed by atoms with Crippen LogP contribution in [0.25, 0.3) is 0 Å². The fourth-order valence-electron chi connectivity index (χ4n) is 2.62. The zero-order valence-corrected chi connectivity index (χ0v) is 12.9. The highest BCUT2D eigenvalue weighted by Crippen LogP contribution is 2.25. The second kappa shape index (κ2) is 6.79. The van der Waals surface area contributed by atoms with Crippen LogP contribution in [0.15, 0.2) is 22.7 Å². The second-order valence-corrected chi connectivity index (χ2v) is 6.03. The molecule has 19 heavy (non-hydrogen) atoms.